The Morgan fingerprint density at radius 2 is 1.78 bits per heavy atom. The summed E-state index contributed by atoms with van der Waals surface area (Å²) in [5, 5.41) is 8.77. The Labute approximate surface area is 159 Å². The Balaban J connectivity index is 1.52. The average molecular weight is 374 g/mol. The van der Waals surface area contributed by atoms with Crippen molar-refractivity contribution in [2.45, 2.75) is 0 Å². The molecular formula is C20H14N4O2S. The van der Waals surface area contributed by atoms with E-state index in [0.717, 1.165) is 11.3 Å². The highest BCUT2D eigenvalue weighted by Gasteiger charge is 2.14. The zero-order valence-corrected chi connectivity index (χ0v) is 14.9. The van der Waals surface area contributed by atoms with Crippen LogP contribution in [0.5, 0.6) is 11.6 Å². The van der Waals surface area contributed by atoms with Crippen molar-refractivity contribution in [3.8, 4) is 22.9 Å². The maximum absolute atomic E-state index is 12.7. The fraction of sp³-hybridized carbons (Fsp3) is 0. The van der Waals surface area contributed by atoms with Gasteiger partial charge >= 0.3 is 0 Å². The molecule has 1 N–H and O–H groups in total. The second-order valence-corrected chi connectivity index (χ2v) is 6.20. The van der Waals surface area contributed by atoms with Crippen LogP contribution in [0.15, 0.2) is 78.3 Å². The first-order chi connectivity index (χ1) is 13.3. The number of carbonyl (C=O) groups is 1. The summed E-state index contributed by atoms with van der Waals surface area (Å²) in [6, 6.07) is 20.0. The molecule has 0 saturated carbocycles. The number of ether oxygens (including phenoxy) is 1. The van der Waals surface area contributed by atoms with E-state index in [1.54, 1.807) is 18.3 Å². The van der Waals surface area contributed by atoms with Crippen LogP contribution < -0.4 is 10.1 Å². The first kappa shape index (κ1) is 16.9. The van der Waals surface area contributed by atoms with Crippen LogP contribution in [0.25, 0.3) is 11.3 Å². The lowest BCUT2D eigenvalue weighted by molar-refractivity contribution is 0.102. The minimum absolute atomic E-state index is 0.256. The van der Waals surface area contributed by atoms with Gasteiger partial charge in [-0.3, -0.25) is 4.79 Å². The molecule has 4 aromatic rings. The van der Waals surface area contributed by atoms with Crippen LogP contribution in [0.3, 0.4) is 0 Å². The van der Waals surface area contributed by atoms with Crippen LogP contribution >= 0.6 is 11.5 Å². The highest BCUT2D eigenvalue weighted by Crippen LogP contribution is 2.24. The van der Waals surface area contributed by atoms with Gasteiger partial charge in [0.25, 0.3) is 5.91 Å². The second-order valence-electron chi connectivity index (χ2n) is 5.59. The van der Waals surface area contributed by atoms with E-state index in [1.807, 2.05) is 60.0 Å². The monoisotopic (exact) mass is 374 g/mol. The highest BCUT2D eigenvalue weighted by atomic mass is 32.1. The van der Waals surface area contributed by atoms with E-state index in [-0.39, 0.29) is 11.8 Å². The molecule has 7 heteroatoms. The molecule has 2 aromatic heterocycles. The van der Waals surface area contributed by atoms with Crippen molar-refractivity contribution in [3.05, 3.63) is 83.9 Å². The summed E-state index contributed by atoms with van der Waals surface area (Å²) in [6.07, 6.45) is 1.59. The van der Waals surface area contributed by atoms with Crippen molar-refractivity contribution < 1.29 is 9.53 Å². The van der Waals surface area contributed by atoms with Crippen molar-refractivity contribution in [2.75, 3.05) is 5.32 Å². The number of benzene rings is 2. The van der Waals surface area contributed by atoms with Crippen LogP contribution in [0.2, 0.25) is 0 Å². The zero-order chi connectivity index (χ0) is 18.5. The minimum atomic E-state index is -0.294. The van der Waals surface area contributed by atoms with Crippen molar-refractivity contribution >= 4 is 23.1 Å². The summed E-state index contributed by atoms with van der Waals surface area (Å²) < 4.78 is 9.60. The lowest BCUT2D eigenvalue weighted by Crippen LogP contribution is -2.13. The molecule has 0 atom stereocenters. The number of rotatable bonds is 5. The summed E-state index contributed by atoms with van der Waals surface area (Å²) in [4.78, 5) is 16.9. The molecule has 1 amide bonds. The van der Waals surface area contributed by atoms with Crippen molar-refractivity contribution in [2.24, 2.45) is 0 Å². The first-order valence-corrected chi connectivity index (χ1v) is 9.00. The molecule has 0 bridgehead atoms. The third kappa shape index (κ3) is 3.99. The number of nitrogens with zero attached hydrogens (tertiary/aromatic N) is 3. The maximum atomic E-state index is 12.7. The van der Waals surface area contributed by atoms with Gasteiger partial charge in [0, 0.05) is 22.8 Å². The van der Waals surface area contributed by atoms with E-state index < -0.39 is 0 Å². The fourth-order valence-electron chi connectivity index (χ4n) is 2.46. The van der Waals surface area contributed by atoms with Gasteiger partial charge in [0.1, 0.15) is 17.0 Å². The third-order valence-electron chi connectivity index (χ3n) is 3.77. The van der Waals surface area contributed by atoms with E-state index in [4.69, 9.17) is 4.74 Å². The Bertz CT molecular complexity index is 1040. The topological polar surface area (TPSA) is 77.0 Å². The van der Waals surface area contributed by atoms with Gasteiger partial charge in [-0.15, -0.1) is 5.10 Å². The fourth-order valence-corrected chi connectivity index (χ4v) is 2.92. The smallest absolute Gasteiger partial charge is 0.261 e. The molecule has 0 radical (unpaired) electrons. The summed E-state index contributed by atoms with van der Waals surface area (Å²) in [7, 11) is 0. The van der Waals surface area contributed by atoms with Gasteiger partial charge in [0.15, 0.2) is 0 Å². The van der Waals surface area contributed by atoms with Crippen molar-refractivity contribution in [1.82, 2.24) is 14.6 Å². The molecule has 2 aromatic carbocycles. The van der Waals surface area contributed by atoms with Gasteiger partial charge in [-0.1, -0.05) is 34.8 Å². The average Bonchev–Trinajstić information content (AvgIpc) is 3.25. The molecule has 0 spiro atoms. The van der Waals surface area contributed by atoms with E-state index in [0.29, 0.717) is 17.0 Å². The molecule has 0 saturated heterocycles. The van der Waals surface area contributed by atoms with Gasteiger partial charge in [-0.05, 0) is 47.9 Å². The Kier molecular flexibility index (Phi) is 4.84. The Hall–Kier alpha value is -3.58. The maximum Gasteiger partial charge on any atom is 0.261 e. The predicted octanol–water partition coefficient (Wildman–Crippen LogP) is 4.64. The second kappa shape index (κ2) is 7.76. The largest absolute Gasteiger partial charge is 0.438 e. The number of carbonyl (C=O) groups excluding carboxylic acids is 1. The molecule has 27 heavy (non-hydrogen) atoms. The normalized spacial score (nSPS) is 10.4. The minimum Gasteiger partial charge on any atom is -0.438 e. The quantitative estimate of drug-likeness (QED) is 0.550. The van der Waals surface area contributed by atoms with E-state index in [2.05, 4.69) is 19.9 Å². The lowest BCUT2D eigenvalue weighted by Gasteiger charge is -2.10. The highest BCUT2D eigenvalue weighted by molar-refractivity contribution is 7.03. The van der Waals surface area contributed by atoms with Gasteiger partial charge < -0.3 is 10.1 Å². The number of pyridine rings is 1. The first-order valence-electron chi connectivity index (χ1n) is 8.16. The van der Waals surface area contributed by atoms with Crippen molar-refractivity contribution in [1.29, 1.82) is 0 Å². The van der Waals surface area contributed by atoms with Crippen LogP contribution in [-0.2, 0) is 0 Å². The lowest BCUT2D eigenvalue weighted by atomic mass is 10.1. The van der Waals surface area contributed by atoms with Crippen molar-refractivity contribution in [3.63, 3.8) is 0 Å². The standard InChI is InChI=1S/C20H14N4O2S/c25-19(22-15-10-8-14(9-11-15)18-13-27-24-23-18)17-7-4-12-21-20(17)26-16-5-2-1-3-6-16/h1-13H,(H,22,25). The predicted molar refractivity (Wildman–Crippen MR) is 104 cm³/mol. The number of amides is 1. The molecule has 2 heterocycles. The molecule has 0 fully saturated rings. The molecule has 0 unspecified atom stereocenters. The molecule has 132 valence electrons. The summed E-state index contributed by atoms with van der Waals surface area (Å²) in [5.41, 5.74) is 2.77. The van der Waals surface area contributed by atoms with Gasteiger partial charge in [0.05, 0.1) is 0 Å². The van der Waals surface area contributed by atoms with E-state index in [9.17, 15) is 4.79 Å². The van der Waals surface area contributed by atoms with E-state index >= 15 is 0 Å². The zero-order valence-electron chi connectivity index (χ0n) is 14.1. The number of hydrogen-bond donors (Lipinski definition) is 1. The van der Waals surface area contributed by atoms with Gasteiger partial charge in [-0.25, -0.2) is 4.98 Å². The molecule has 0 aliphatic carbocycles. The molecule has 0 aliphatic heterocycles. The third-order valence-corrected chi connectivity index (χ3v) is 4.28. The Morgan fingerprint density at radius 3 is 2.52 bits per heavy atom. The summed E-state index contributed by atoms with van der Waals surface area (Å²) >= 11 is 1.30. The summed E-state index contributed by atoms with van der Waals surface area (Å²) in [6.45, 7) is 0. The van der Waals surface area contributed by atoms with Crippen LogP contribution in [-0.4, -0.2) is 20.5 Å². The van der Waals surface area contributed by atoms with Crippen LogP contribution in [0, 0.1) is 0 Å². The molecule has 6 nitrogen and oxygen atoms in total. The molecule has 0 aliphatic rings. The number of para-hydroxylation sites is 1. The SMILES string of the molecule is O=C(Nc1ccc(-c2csnn2)cc1)c1cccnc1Oc1ccccc1. The molecular weight excluding hydrogens is 360 g/mol. The number of anilines is 1. The Morgan fingerprint density at radius 1 is 0.963 bits per heavy atom. The number of aromatic nitrogens is 3. The summed E-state index contributed by atoms with van der Waals surface area (Å²) in [5.74, 6) is 0.579. The number of nitrogens with one attached hydrogen (secondary N) is 1. The van der Waals surface area contributed by atoms with E-state index in [1.165, 1.54) is 11.5 Å². The van der Waals surface area contributed by atoms with Gasteiger partial charge in [0.2, 0.25) is 5.88 Å². The number of hydrogen-bond acceptors (Lipinski definition) is 6. The van der Waals surface area contributed by atoms with Crippen LogP contribution in [0.1, 0.15) is 10.4 Å². The molecule has 4 rings (SSSR count). The van der Waals surface area contributed by atoms with Gasteiger partial charge in [-0.2, -0.15) is 0 Å². The van der Waals surface area contributed by atoms with Crippen LogP contribution in [0.4, 0.5) is 5.69 Å².